The van der Waals surface area contributed by atoms with Gasteiger partial charge in [0.25, 0.3) is 0 Å². The normalized spacial score (nSPS) is 14.9. The Bertz CT molecular complexity index is 1670. The standard InChI is InChI=1S/C28H33ClN8O3S/c1-17(2)41(39,40)24-7-5-4-6-22(24)32-27-21(29)15-30-28(34-27)31-19-8-9-20-23(14-19)35-36-26(20)33-25(38)16-37-12-10-18(3)11-13-37/h4-9,14-15,17-18H,10-13,16H2,1-3H3,(H2,30,31,32,34)(H2,33,35,36,38). The monoisotopic (exact) mass is 596 g/mol. The number of fused-ring (bicyclic) bond motifs is 1. The Balaban J connectivity index is 1.29. The fraction of sp³-hybridized carbons (Fsp3) is 0.357. The fourth-order valence-corrected chi connectivity index (χ4v) is 5.97. The Morgan fingerprint density at radius 1 is 1.12 bits per heavy atom. The second kappa shape index (κ2) is 12.0. The summed E-state index contributed by atoms with van der Waals surface area (Å²) in [5.74, 6) is 1.60. The van der Waals surface area contributed by atoms with Crippen molar-refractivity contribution in [1.29, 1.82) is 0 Å². The van der Waals surface area contributed by atoms with Crippen LogP contribution in [-0.4, -0.2) is 64.3 Å². The van der Waals surface area contributed by atoms with Gasteiger partial charge in [-0.1, -0.05) is 30.7 Å². The summed E-state index contributed by atoms with van der Waals surface area (Å²) in [6.07, 6.45) is 3.65. The van der Waals surface area contributed by atoms with Gasteiger partial charge in [-0.15, -0.1) is 0 Å². The molecule has 4 aromatic rings. The van der Waals surface area contributed by atoms with E-state index < -0.39 is 15.1 Å². The maximum absolute atomic E-state index is 12.9. The third-order valence-corrected chi connectivity index (χ3v) is 9.62. The molecule has 216 valence electrons. The number of carbonyl (C=O) groups is 1. The van der Waals surface area contributed by atoms with Gasteiger partial charge >= 0.3 is 0 Å². The van der Waals surface area contributed by atoms with Crippen molar-refractivity contribution in [2.45, 2.75) is 43.8 Å². The Kier molecular flexibility index (Phi) is 8.43. The van der Waals surface area contributed by atoms with Gasteiger partial charge in [0, 0.05) is 11.1 Å². The molecule has 3 heterocycles. The van der Waals surface area contributed by atoms with Crippen LogP contribution in [0.25, 0.3) is 10.9 Å². The number of halogens is 1. The first-order chi connectivity index (χ1) is 19.6. The molecule has 0 spiro atoms. The van der Waals surface area contributed by atoms with Gasteiger partial charge < -0.3 is 16.0 Å². The maximum atomic E-state index is 12.9. The highest BCUT2D eigenvalue weighted by Gasteiger charge is 2.23. The predicted octanol–water partition coefficient (Wildman–Crippen LogP) is 5.35. The summed E-state index contributed by atoms with van der Waals surface area (Å²) in [5, 5.41) is 16.8. The van der Waals surface area contributed by atoms with Gasteiger partial charge in [0.15, 0.2) is 21.5 Å². The number of para-hydroxylation sites is 1. The number of anilines is 5. The molecule has 0 radical (unpaired) electrons. The largest absolute Gasteiger partial charge is 0.338 e. The third-order valence-electron chi connectivity index (χ3n) is 7.13. The van der Waals surface area contributed by atoms with Gasteiger partial charge in [-0.25, -0.2) is 13.4 Å². The first kappa shape index (κ1) is 28.8. The molecular weight excluding hydrogens is 564 g/mol. The second-order valence-electron chi connectivity index (χ2n) is 10.6. The lowest BCUT2D eigenvalue weighted by Gasteiger charge is -2.29. The second-order valence-corrected chi connectivity index (χ2v) is 13.4. The van der Waals surface area contributed by atoms with Gasteiger partial charge in [-0.05, 0) is 76.0 Å². The lowest BCUT2D eigenvalue weighted by molar-refractivity contribution is -0.117. The lowest BCUT2D eigenvalue weighted by atomic mass is 9.99. The van der Waals surface area contributed by atoms with E-state index in [1.54, 1.807) is 38.1 Å². The zero-order valence-corrected chi connectivity index (χ0v) is 24.7. The molecule has 0 atom stereocenters. The van der Waals surface area contributed by atoms with Crippen LogP contribution in [0.3, 0.4) is 0 Å². The number of likely N-dealkylation sites (tertiary alicyclic amines) is 1. The summed E-state index contributed by atoms with van der Waals surface area (Å²) in [5.41, 5.74) is 1.77. The number of benzene rings is 2. The number of sulfone groups is 1. The summed E-state index contributed by atoms with van der Waals surface area (Å²) < 4.78 is 25.7. The van der Waals surface area contributed by atoms with E-state index in [0.717, 1.165) is 36.8 Å². The summed E-state index contributed by atoms with van der Waals surface area (Å²) in [6, 6.07) is 12.1. The summed E-state index contributed by atoms with van der Waals surface area (Å²) in [7, 11) is -3.54. The van der Waals surface area contributed by atoms with E-state index >= 15 is 0 Å². The van der Waals surface area contributed by atoms with E-state index in [2.05, 4.69) is 47.9 Å². The third kappa shape index (κ3) is 6.61. The zero-order chi connectivity index (χ0) is 29.1. The SMILES string of the molecule is CC1CCN(CC(=O)Nc2n[nH]c3cc(Nc4ncc(Cl)c(Nc5ccccc5S(=O)(=O)C(C)C)n4)ccc23)CC1. The van der Waals surface area contributed by atoms with Crippen LogP contribution in [0.1, 0.15) is 33.6 Å². The fourth-order valence-electron chi connectivity index (χ4n) is 4.63. The van der Waals surface area contributed by atoms with Crippen molar-refractivity contribution in [1.82, 2.24) is 25.1 Å². The Hall–Kier alpha value is -3.74. The van der Waals surface area contributed by atoms with Crippen molar-refractivity contribution >= 4 is 67.2 Å². The molecule has 1 fully saturated rings. The molecule has 0 saturated carbocycles. The van der Waals surface area contributed by atoms with Crippen molar-refractivity contribution in [3.05, 3.63) is 53.7 Å². The molecule has 4 N–H and O–H groups in total. The molecule has 2 aromatic heterocycles. The maximum Gasteiger partial charge on any atom is 0.239 e. The quantitative estimate of drug-likeness (QED) is 0.201. The Morgan fingerprint density at radius 3 is 2.63 bits per heavy atom. The molecule has 5 rings (SSSR count). The number of nitrogens with one attached hydrogen (secondary N) is 4. The van der Waals surface area contributed by atoms with Crippen molar-refractivity contribution in [3.63, 3.8) is 0 Å². The highest BCUT2D eigenvalue weighted by atomic mass is 35.5. The van der Waals surface area contributed by atoms with Crippen molar-refractivity contribution in [2.75, 3.05) is 35.6 Å². The minimum atomic E-state index is -3.54. The van der Waals surface area contributed by atoms with Gasteiger partial charge in [0.1, 0.15) is 5.02 Å². The van der Waals surface area contributed by atoms with Crippen molar-refractivity contribution < 1.29 is 13.2 Å². The first-order valence-electron chi connectivity index (χ1n) is 13.5. The first-order valence-corrected chi connectivity index (χ1v) is 15.4. The van der Waals surface area contributed by atoms with E-state index in [1.807, 2.05) is 18.2 Å². The molecule has 0 unspecified atom stereocenters. The smallest absolute Gasteiger partial charge is 0.239 e. The van der Waals surface area contributed by atoms with Crippen LogP contribution in [0.2, 0.25) is 5.02 Å². The summed E-state index contributed by atoms with van der Waals surface area (Å²) in [6.45, 7) is 7.72. The zero-order valence-electron chi connectivity index (χ0n) is 23.1. The Labute approximate surface area is 244 Å². The summed E-state index contributed by atoms with van der Waals surface area (Å²) in [4.78, 5) is 23.7. The van der Waals surface area contributed by atoms with Crippen LogP contribution in [0.15, 0.2) is 53.6 Å². The molecule has 0 bridgehead atoms. The number of amides is 1. The predicted molar refractivity (Wildman–Crippen MR) is 162 cm³/mol. The van der Waals surface area contributed by atoms with Crippen molar-refractivity contribution in [3.8, 4) is 0 Å². The molecule has 1 saturated heterocycles. The molecule has 11 nitrogen and oxygen atoms in total. The topological polar surface area (TPSA) is 145 Å². The lowest BCUT2D eigenvalue weighted by Crippen LogP contribution is -2.38. The highest BCUT2D eigenvalue weighted by molar-refractivity contribution is 7.92. The number of H-pyrrole nitrogens is 1. The molecule has 0 aliphatic carbocycles. The average molecular weight is 597 g/mol. The molecule has 1 amide bonds. The number of aromatic nitrogens is 4. The molecular formula is C28H33ClN8O3S. The number of rotatable bonds is 9. The van der Waals surface area contributed by atoms with Crippen LogP contribution in [0.5, 0.6) is 0 Å². The number of aromatic amines is 1. The van der Waals surface area contributed by atoms with Gasteiger partial charge in [0.05, 0.1) is 34.1 Å². The van der Waals surface area contributed by atoms with Crippen LogP contribution in [-0.2, 0) is 14.6 Å². The number of carbonyl (C=O) groups excluding carboxylic acids is 1. The Morgan fingerprint density at radius 2 is 1.88 bits per heavy atom. The van der Waals surface area contributed by atoms with Crippen LogP contribution >= 0.6 is 11.6 Å². The van der Waals surface area contributed by atoms with E-state index in [0.29, 0.717) is 29.7 Å². The van der Waals surface area contributed by atoms with Crippen LogP contribution in [0, 0.1) is 5.92 Å². The van der Waals surface area contributed by atoms with Gasteiger partial charge in [0.2, 0.25) is 11.9 Å². The minimum absolute atomic E-state index is 0.0903. The molecule has 2 aromatic carbocycles. The summed E-state index contributed by atoms with van der Waals surface area (Å²) >= 11 is 6.35. The average Bonchev–Trinajstić information content (AvgIpc) is 3.33. The molecule has 41 heavy (non-hydrogen) atoms. The highest BCUT2D eigenvalue weighted by Crippen LogP contribution is 2.31. The molecule has 1 aliphatic heterocycles. The van der Waals surface area contributed by atoms with Gasteiger partial charge in [-0.2, -0.15) is 10.1 Å². The van der Waals surface area contributed by atoms with Gasteiger partial charge in [-0.3, -0.25) is 14.8 Å². The van der Waals surface area contributed by atoms with E-state index in [4.69, 9.17) is 11.6 Å². The number of hydrogen-bond acceptors (Lipinski definition) is 9. The van der Waals surface area contributed by atoms with E-state index in [1.165, 1.54) is 6.20 Å². The van der Waals surface area contributed by atoms with Crippen LogP contribution < -0.4 is 16.0 Å². The van der Waals surface area contributed by atoms with E-state index in [9.17, 15) is 13.2 Å². The van der Waals surface area contributed by atoms with E-state index in [-0.39, 0.29) is 27.6 Å². The number of nitrogens with zero attached hydrogens (tertiary/aromatic N) is 4. The number of hydrogen-bond donors (Lipinski definition) is 4. The number of piperidine rings is 1. The van der Waals surface area contributed by atoms with Crippen LogP contribution in [0.4, 0.5) is 29.0 Å². The minimum Gasteiger partial charge on any atom is -0.338 e. The molecule has 13 heteroatoms. The van der Waals surface area contributed by atoms with Crippen molar-refractivity contribution in [2.24, 2.45) is 5.92 Å². The molecule has 1 aliphatic rings.